The summed E-state index contributed by atoms with van der Waals surface area (Å²) in [6, 6.07) is 12.4. The highest BCUT2D eigenvalue weighted by molar-refractivity contribution is 9.10. The normalized spacial score (nSPS) is 10.3. The maximum Gasteiger partial charge on any atom is 0.146 e. The highest BCUT2D eigenvalue weighted by Gasteiger charge is 2.05. The number of anilines is 1. The maximum atomic E-state index is 13.2. The molecule has 0 heterocycles. The van der Waals surface area contributed by atoms with Crippen LogP contribution in [0.2, 0.25) is 0 Å². The second kappa shape index (κ2) is 4.03. The van der Waals surface area contributed by atoms with E-state index in [2.05, 4.69) is 15.9 Å². The SMILES string of the molecule is Nc1c(F)cccc1-c1ccc(Br)cc1. The first-order chi connectivity index (χ1) is 7.18. The van der Waals surface area contributed by atoms with E-state index in [9.17, 15) is 4.39 Å². The van der Waals surface area contributed by atoms with E-state index in [1.54, 1.807) is 6.07 Å². The Hall–Kier alpha value is -1.35. The predicted molar refractivity (Wildman–Crippen MR) is 63.9 cm³/mol. The van der Waals surface area contributed by atoms with Crippen LogP contribution in [0.1, 0.15) is 0 Å². The molecule has 76 valence electrons. The third kappa shape index (κ3) is 2.02. The first-order valence-electron chi connectivity index (χ1n) is 4.48. The highest BCUT2D eigenvalue weighted by atomic mass is 79.9. The van der Waals surface area contributed by atoms with Gasteiger partial charge in [0.1, 0.15) is 5.82 Å². The Kier molecular flexibility index (Phi) is 2.73. The number of rotatable bonds is 1. The summed E-state index contributed by atoms with van der Waals surface area (Å²) in [5.74, 6) is -0.379. The van der Waals surface area contributed by atoms with E-state index in [-0.39, 0.29) is 11.5 Å². The highest BCUT2D eigenvalue weighted by Crippen LogP contribution is 2.28. The van der Waals surface area contributed by atoms with Crippen molar-refractivity contribution < 1.29 is 4.39 Å². The molecule has 0 unspecified atom stereocenters. The molecule has 0 fully saturated rings. The van der Waals surface area contributed by atoms with Crippen LogP contribution in [0.3, 0.4) is 0 Å². The molecule has 0 bridgehead atoms. The predicted octanol–water partition coefficient (Wildman–Crippen LogP) is 3.84. The molecule has 2 aromatic carbocycles. The monoisotopic (exact) mass is 265 g/mol. The second-order valence-electron chi connectivity index (χ2n) is 3.21. The van der Waals surface area contributed by atoms with Crippen LogP contribution in [-0.4, -0.2) is 0 Å². The van der Waals surface area contributed by atoms with Crippen molar-refractivity contribution in [1.82, 2.24) is 0 Å². The summed E-state index contributed by atoms with van der Waals surface area (Å²) < 4.78 is 14.2. The van der Waals surface area contributed by atoms with Crippen LogP contribution >= 0.6 is 15.9 Å². The molecule has 15 heavy (non-hydrogen) atoms. The van der Waals surface area contributed by atoms with Gasteiger partial charge in [-0.1, -0.05) is 40.2 Å². The van der Waals surface area contributed by atoms with Gasteiger partial charge >= 0.3 is 0 Å². The fourth-order valence-electron chi connectivity index (χ4n) is 1.42. The fourth-order valence-corrected chi connectivity index (χ4v) is 1.68. The van der Waals surface area contributed by atoms with E-state index in [0.29, 0.717) is 0 Å². The Morgan fingerprint density at radius 1 is 1.00 bits per heavy atom. The average Bonchev–Trinajstić information content (AvgIpc) is 2.24. The zero-order chi connectivity index (χ0) is 10.8. The molecule has 0 aromatic heterocycles. The van der Waals surface area contributed by atoms with Crippen LogP contribution in [0.5, 0.6) is 0 Å². The molecule has 0 saturated carbocycles. The van der Waals surface area contributed by atoms with Gasteiger partial charge in [-0.15, -0.1) is 0 Å². The van der Waals surface area contributed by atoms with E-state index in [1.807, 2.05) is 30.3 Å². The van der Waals surface area contributed by atoms with Crippen molar-refractivity contribution >= 4 is 21.6 Å². The standard InChI is InChI=1S/C12H9BrFN/c13-9-6-4-8(5-7-9)10-2-1-3-11(14)12(10)15/h1-7H,15H2. The number of halogens is 2. The van der Waals surface area contributed by atoms with Crippen molar-refractivity contribution in [3.05, 3.63) is 52.8 Å². The summed E-state index contributed by atoms with van der Waals surface area (Å²) in [5, 5.41) is 0. The van der Waals surface area contributed by atoms with E-state index < -0.39 is 0 Å². The summed E-state index contributed by atoms with van der Waals surface area (Å²) in [6.07, 6.45) is 0. The Bertz CT molecular complexity index is 479. The van der Waals surface area contributed by atoms with Crippen molar-refractivity contribution in [2.75, 3.05) is 5.73 Å². The summed E-state index contributed by atoms with van der Waals surface area (Å²) in [4.78, 5) is 0. The van der Waals surface area contributed by atoms with E-state index in [0.717, 1.165) is 15.6 Å². The molecule has 2 aromatic rings. The third-order valence-corrected chi connectivity index (χ3v) is 2.74. The summed E-state index contributed by atoms with van der Waals surface area (Å²) >= 11 is 3.35. The number of benzene rings is 2. The van der Waals surface area contributed by atoms with Crippen LogP contribution in [0, 0.1) is 5.82 Å². The van der Waals surface area contributed by atoms with Gasteiger partial charge in [0.25, 0.3) is 0 Å². The number of hydrogen-bond donors (Lipinski definition) is 1. The first-order valence-corrected chi connectivity index (χ1v) is 5.28. The topological polar surface area (TPSA) is 26.0 Å². The molecule has 0 aliphatic rings. The average molecular weight is 266 g/mol. The molecule has 0 radical (unpaired) electrons. The Morgan fingerprint density at radius 2 is 1.67 bits per heavy atom. The Morgan fingerprint density at radius 3 is 2.33 bits per heavy atom. The molecular weight excluding hydrogens is 257 g/mol. The third-order valence-electron chi connectivity index (χ3n) is 2.21. The van der Waals surface area contributed by atoms with Gasteiger partial charge in [-0.2, -0.15) is 0 Å². The number of para-hydroxylation sites is 1. The van der Waals surface area contributed by atoms with Gasteiger partial charge in [0.05, 0.1) is 5.69 Å². The van der Waals surface area contributed by atoms with Gasteiger partial charge < -0.3 is 5.73 Å². The van der Waals surface area contributed by atoms with Crippen molar-refractivity contribution in [2.45, 2.75) is 0 Å². The Balaban J connectivity index is 2.54. The van der Waals surface area contributed by atoms with E-state index in [1.165, 1.54) is 6.07 Å². The lowest BCUT2D eigenvalue weighted by Gasteiger charge is -2.06. The molecule has 1 nitrogen and oxygen atoms in total. The number of hydrogen-bond acceptors (Lipinski definition) is 1. The zero-order valence-corrected chi connectivity index (χ0v) is 9.46. The molecule has 2 rings (SSSR count). The van der Waals surface area contributed by atoms with E-state index >= 15 is 0 Å². The smallest absolute Gasteiger partial charge is 0.146 e. The van der Waals surface area contributed by atoms with Crippen LogP contribution < -0.4 is 5.73 Å². The molecule has 0 atom stereocenters. The molecule has 0 amide bonds. The molecule has 2 N–H and O–H groups in total. The van der Waals surface area contributed by atoms with Crippen LogP contribution in [-0.2, 0) is 0 Å². The molecule has 0 saturated heterocycles. The summed E-state index contributed by atoms with van der Waals surface area (Å²) in [5.41, 5.74) is 7.50. The quantitative estimate of drug-likeness (QED) is 0.780. The van der Waals surface area contributed by atoms with Crippen molar-refractivity contribution in [3.8, 4) is 11.1 Å². The van der Waals surface area contributed by atoms with E-state index in [4.69, 9.17) is 5.73 Å². The van der Waals surface area contributed by atoms with Crippen molar-refractivity contribution in [2.24, 2.45) is 0 Å². The fraction of sp³-hybridized carbons (Fsp3) is 0. The van der Waals surface area contributed by atoms with Crippen LogP contribution in [0.25, 0.3) is 11.1 Å². The second-order valence-corrected chi connectivity index (χ2v) is 4.12. The first kappa shape index (κ1) is 10.2. The van der Waals surface area contributed by atoms with Crippen LogP contribution in [0.4, 0.5) is 10.1 Å². The lowest BCUT2D eigenvalue weighted by molar-refractivity contribution is 0.633. The molecule has 3 heteroatoms. The molecule has 0 aliphatic carbocycles. The van der Waals surface area contributed by atoms with Crippen molar-refractivity contribution in [3.63, 3.8) is 0 Å². The van der Waals surface area contributed by atoms with Gasteiger partial charge in [-0.3, -0.25) is 0 Å². The van der Waals surface area contributed by atoms with Gasteiger partial charge in [-0.05, 0) is 23.8 Å². The lowest BCUT2D eigenvalue weighted by atomic mass is 10.0. The minimum Gasteiger partial charge on any atom is -0.396 e. The van der Waals surface area contributed by atoms with Gasteiger partial charge in [-0.25, -0.2) is 4.39 Å². The lowest BCUT2D eigenvalue weighted by Crippen LogP contribution is -1.93. The molecule has 0 spiro atoms. The maximum absolute atomic E-state index is 13.2. The number of nitrogen functional groups attached to an aromatic ring is 1. The summed E-state index contributed by atoms with van der Waals surface area (Å²) in [6.45, 7) is 0. The van der Waals surface area contributed by atoms with Gasteiger partial charge in [0.2, 0.25) is 0 Å². The Labute approximate surface area is 95.9 Å². The summed E-state index contributed by atoms with van der Waals surface area (Å²) in [7, 11) is 0. The number of nitrogens with two attached hydrogens (primary N) is 1. The van der Waals surface area contributed by atoms with Gasteiger partial charge in [0, 0.05) is 10.0 Å². The minimum atomic E-state index is -0.379. The van der Waals surface area contributed by atoms with Crippen molar-refractivity contribution in [1.29, 1.82) is 0 Å². The largest absolute Gasteiger partial charge is 0.396 e. The van der Waals surface area contributed by atoms with Crippen LogP contribution in [0.15, 0.2) is 46.9 Å². The minimum absolute atomic E-state index is 0.194. The molecular formula is C12H9BrFN. The zero-order valence-electron chi connectivity index (χ0n) is 7.87. The molecule has 0 aliphatic heterocycles. The van der Waals surface area contributed by atoms with Gasteiger partial charge in [0.15, 0.2) is 0 Å².